The summed E-state index contributed by atoms with van der Waals surface area (Å²) in [6.07, 6.45) is 1.62. The van der Waals surface area contributed by atoms with Gasteiger partial charge in [0.25, 0.3) is 5.91 Å². The highest BCUT2D eigenvalue weighted by molar-refractivity contribution is 7.17. The Labute approximate surface area is 115 Å². The molecule has 0 spiro atoms. The van der Waals surface area contributed by atoms with E-state index >= 15 is 0 Å². The van der Waals surface area contributed by atoms with E-state index in [0.717, 1.165) is 22.5 Å². The van der Waals surface area contributed by atoms with Crippen LogP contribution < -0.4 is 11.2 Å². The van der Waals surface area contributed by atoms with Gasteiger partial charge in [-0.25, -0.2) is 10.4 Å². The lowest BCUT2D eigenvalue weighted by atomic mass is 10.1. The molecule has 1 amide bonds. The van der Waals surface area contributed by atoms with Crippen LogP contribution in [-0.4, -0.2) is 17.1 Å². The van der Waals surface area contributed by atoms with E-state index in [0.29, 0.717) is 15.7 Å². The van der Waals surface area contributed by atoms with Crippen LogP contribution in [0.2, 0.25) is 0 Å². The van der Waals surface area contributed by atoms with Gasteiger partial charge in [-0.15, -0.1) is 0 Å². The number of hydrogen-bond acceptors (Lipinski definition) is 5. The van der Waals surface area contributed by atoms with Crippen LogP contribution in [-0.2, 0) is 0 Å². The van der Waals surface area contributed by atoms with Crippen LogP contribution in [0.25, 0.3) is 0 Å². The number of nitrogens with zero attached hydrogens (tertiary/aromatic N) is 2. The Bertz CT molecular complexity index is 633. The molecule has 0 aliphatic rings. The van der Waals surface area contributed by atoms with Crippen LogP contribution in [0.5, 0.6) is 0 Å². The molecule has 1 heterocycles. The molecule has 0 atom stereocenters. The molecule has 0 aliphatic carbocycles. The summed E-state index contributed by atoms with van der Waals surface area (Å²) in [5.74, 6) is -0.295. The lowest BCUT2D eigenvalue weighted by Gasteiger charge is -1.99. The number of anilines is 1. The molecule has 0 unspecified atom stereocenters. The molecule has 0 saturated carbocycles. The molecule has 2 aromatic rings. The molecular formula is C13H14N4OS. The second-order valence-corrected chi connectivity index (χ2v) is 5.05. The third-order valence-electron chi connectivity index (χ3n) is 2.58. The first kappa shape index (κ1) is 13.2. The lowest BCUT2D eigenvalue weighted by molar-refractivity contribution is 0.0958. The number of carbonyl (C=O) groups excluding carboxylic acids is 1. The molecule has 0 aliphatic heterocycles. The predicted molar refractivity (Wildman–Crippen MR) is 77.5 cm³/mol. The van der Waals surface area contributed by atoms with E-state index in [1.807, 2.05) is 31.2 Å². The number of thiazole rings is 1. The molecule has 1 aromatic heterocycles. The van der Waals surface area contributed by atoms with Gasteiger partial charge in [0.15, 0.2) is 5.13 Å². The van der Waals surface area contributed by atoms with Gasteiger partial charge in [-0.05, 0) is 25.0 Å². The molecule has 19 heavy (non-hydrogen) atoms. The summed E-state index contributed by atoms with van der Waals surface area (Å²) in [7, 11) is 0. The monoisotopic (exact) mass is 274 g/mol. The first-order chi connectivity index (χ1) is 9.08. The molecule has 0 fully saturated rings. The van der Waals surface area contributed by atoms with Crippen molar-refractivity contribution in [3.63, 3.8) is 0 Å². The number of benzene rings is 1. The Morgan fingerprint density at radius 2 is 2.16 bits per heavy atom. The molecule has 3 N–H and O–H groups in total. The molecule has 0 radical (unpaired) electrons. The van der Waals surface area contributed by atoms with Crippen LogP contribution in [0.3, 0.4) is 0 Å². The minimum atomic E-state index is -0.295. The standard InChI is InChI=1S/C13H14N4OS/c1-8-5-3-4-6-10(8)7-15-17-12(18)11-9(2)16-13(14)19-11/h3-7H,1-2H3,(H2,14,16)(H,17,18). The van der Waals surface area contributed by atoms with Gasteiger partial charge in [0, 0.05) is 0 Å². The van der Waals surface area contributed by atoms with E-state index in [-0.39, 0.29) is 5.91 Å². The zero-order valence-electron chi connectivity index (χ0n) is 10.7. The third-order valence-corrected chi connectivity index (χ3v) is 3.56. The van der Waals surface area contributed by atoms with Crippen molar-refractivity contribution in [1.29, 1.82) is 0 Å². The fourth-order valence-electron chi connectivity index (χ4n) is 1.57. The first-order valence-corrected chi connectivity index (χ1v) is 6.51. The van der Waals surface area contributed by atoms with Gasteiger partial charge in [0.1, 0.15) is 4.88 Å². The van der Waals surface area contributed by atoms with Crippen molar-refractivity contribution < 1.29 is 4.79 Å². The van der Waals surface area contributed by atoms with E-state index < -0.39 is 0 Å². The summed E-state index contributed by atoms with van der Waals surface area (Å²) in [6, 6.07) is 7.79. The van der Waals surface area contributed by atoms with Crippen molar-refractivity contribution in [1.82, 2.24) is 10.4 Å². The summed E-state index contributed by atoms with van der Waals surface area (Å²) in [6.45, 7) is 3.73. The summed E-state index contributed by atoms with van der Waals surface area (Å²) < 4.78 is 0. The number of rotatable bonds is 3. The topological polar surface area (TPSA) is 80.4 Å². The molecule has 1 aromatic carbocycles. The molecule has 98 valence electrons. The average Bonchev–Trinajstić information content (AvgIpc) is 2.71. The molecule has 5 nitrogen and oxygen atoms in total. The van der Waals surface area contributed by atoms with E-state index in [2.05, 4.69) is 15.5 Å². The van der Waals surface area contributed by atoms with Gasteiger partial charge in [-0.1, -0.05) is 35.6 Å². The number of nitrogen functional groups attached to an aromatic ring is 1. The van der Waals surface area contributed by atoms with Gasteiger partial charge in [-0.2, -0.15) is 5.10 Å². The Balaban J connectivity index is 2.05. The minimum absolute atomic E-state index is 0.295. The van der Waals surface area contributed by atoms with E-state index in [4.69, 9.17) is 5.73 Å². The summed E-state index contributed by atoms with van der Waals surface area (Å²) >= 11 is 1.15. The lowest BCUT2D eigenvalue weighted by Crippen LogP contribution is -2.17. The molecule has 6 heteroatoms. The van der Waals surface area contributed by atoms with Gasteiger partial charge >= 0.3 is 0 Å². The van der Waals surface area contributed by atoms with Crippen LogP contribution in [0, 0.1) is 13.8 Å². The van der Waals surface area contributed by atoms with Crippen molar-refractivity contribution in [2.24, 2.45) is 5.10 Å². The van der Waals surface area contributed by atoms with Crippen molar-refractivity contribution >= 4 is 28.6 Å². The third kappa shape index (κ3) is 3.17. The number of nitrogens with one attached hydrogen (secondary N) is 1. The van der Waals surface area contributed by atoms with Crippen LogP contribution in [0.4, 0.5) is 5.13 Å². The Morgan fingerprint density at radius 3 is 2.79 bits per heavy atom. The Kier molecular flexibility index (Phi) is 3.91. The molecule has 2 rings (SSSR count). The zero-order valence-corrected chi connectivity index (χ0v) is 11.5. The molecular weight excluding hydrogens is 260 g/mol. The van der Waals surface area contributed by atoms with Gasteiger partial charge in [0.05, 0.1) is 11.9 Å². The highest BCUT2D eigenvalue weighted by Gasteiger charge is 2.13. The Hall–Kier alpha value is -2.21. The maximum absolute atomic E-state index is 11.8. The van der Waals surface area contributed by atoms with Crippen molar-refractivity contribution in [3.05, 3.63) is 46.0 Å². The predicted octanol–water partition coefficient (Wildman–Crippen LogP) is 2.11. The first-order valence-electron chi connectivity index (χ1n) is 5.70. The van der Waals surface area contributed by atoms with E-state index in [1.54, 1.807) is 13.1 Å². The quantitative estimate of drug-likeness (QED) is 0.664. The minimum Gasteiger partial charge on any atom is -0.375 e. The summed E-state index contributed by atoms with van der Waals surface area (Å²) in [5, 5.41) is 4.32. The summed E-state index contributed by atoms with van der Waals surface area (Å²) in [4.78, 5) is 16.3. The largest absolute Gasteiger partial charge is 0.375 e. The van der Waals surface area contributed by atoms with Crippen LogP contribution in [0.1, 0.15) is 26.5 Å². The Morgan fingerprint density at radius 1 is 1.42 bits per heavy atom. The number of hydrazone groups is 1. The number of nitrogens with two attached hydrogens (primary N) is 1. The van der Waals surface area contributed by atoms with Crippen molar-refractivity contribution in [2.75, 3.05) is 5.73 Å². The number of hydrogen-bond donors (Lipinski definition) is 2. The smallest absolute Gasteiger partial charge is 0.283 e. The fraction of sp³-hybridized carbons (Fsp3) is 0.154. The van der Waals surface area contributed by atoms with E-state index in [1.165, 1.54) is 0 Å². The SMILES string of the molecule is Cc1ccccc1C=NNC(=O)c1sc(N)nc1C. The highest BCUT2D eigenvalue weighted by Crippen LogP contribution is 2.19. The fourth-order valence-corrected chi connectivity index (χ4v) is 2.29. The average molecular weight is 274 g/mol. The van der Waals surface area contributed by atoms with Gasteiger partial charge < -0.3 is 5.73 Å². The number of aromatic nitrogens is 1. The highest BCUT2D eigenvalue weighted by atomic mass is 32.1. The van der Waals surface area contributed by atoms with Gasteiger partial charge in [0.2, 0.25) is 0 Å². The summed E-state index contributed by atoms with van der Waals surface area (Å²) in [5.41, 5.74) is 10.7. The maximum Gasteiger partial charge on any atom is 0.283 e. The molecule has 0 saturated heterocycles. The van der Waals surface area contributed by atoms with Gasteiger partial charge in [-0.3, -0.25) is 4.79 Å². The second-order valence-electron chi connectivity index (χ2n) is 4.02. The zero-order chi connectivity index (χ0) is 13.8. The number of aryl methyl sites for hydroxylation is 2. The number of carbonyl (C=O) groups is 1. The van der Waals surface area contributed by atoms with Crippen LogP contribution in [0.15, 0.2) is 29.4 Å². The van der Waals surface area contributed by atoms with Crippen molar-refractivity contribution in [2.45, 2.75) is 13.8 Å². The molecule has 0 bridgehead atoms. The second kappa shape index (κ2) is 5.62. The number of amides is 1. The maximum atomic E-state index is 11.8. The van der Waals surface area contributed by atoms with Crippen molar-refractivity contribution in [3.8, 4) is 0 Å². The normalized spacial score (nSPS) is 10.8. The van der Waals surface area contributed by atoms with Crippen LogP contribution >= 0.6 is 11.3 Å². The van der Waals surface area contributed by atoms with E-state index in [9.17, 15) is 4.79 Å².